The highest BCUT2D eigenvalue weighted by Gasteiger charge is 2.12. The minimum absolute atomic E-state index is 0.131. The fourth-order valence-corrected chi connectivity index (χ4v) is 1.69. The molecular formula is C11H6ClN3O2. The van der Waals surface area contributed by atoms with E-state index < -0.39 is 11.2 Å². The summed E-state index contributed by atoms with van der Waals surface area (Å²) in [5.41, 5.74) is -1.01. The number of H-pyrrole nitrogens is 2. The summed E-state index contributed by atoms with van der Waals surface area (Å²) < 4.78 is 0. The summed E-state index contributed by atoms with van der Waals surface area (Å²) in [5, 5.41) is 9.26. The molecule has 0 aliphatic heterocycles. The van der Waals surface area contributed by atoms with E-state index in [1.54, 1.807) is 30.3 Å². The molecule has 0 amide bonds. The summed E-state index contributed by atoms with van der Waals surface area (Å²) in [4.78, 5) is 27.0. The lowest BCUT2D eigenvalue weighted by atomic mass is 10.1. The second kappa shape index (κ2) is 4.28. The van der Waals surface area contributed by atoms with E-state index in [-0.39, 0.29) is 11.3 Å². The van der Waals surface area contributed by atoms with Gasteiger partial charge < -0.3 is 4.98 Å². The number of benzene rings is 1. The van der Waals surface area contributed by atoms with Gasteiger partial charge in [-0.05, 0) is 6.07 Å². The molecule has 1 aromatic heterocycles. The molecule has 17 heavy (non-hydrogen) atoms. The molecule has 2 aromatic rings. The molecule has 0 fully saturated rings. The standard InChI is InChI=1S/C11H6ClN3O2/c12-8-4-2-1-3-6(8)9-7(5-13)10(16)15-11(17)14-9/h1-4H,(H2,14,15,16,17). The van der Waals surface area contributed by atoms with Crippen LogP contribution in [0.3, 0.4) is 0 Å². The summed E-state index contributed by atoms with van der Waals surface area (Å²) >= 11 is 5.95. The third-order valence-corrected chi connectivity index (χ3v) is 2.53. The summed E-state index contributed by atoms with van der Waals surface area (Å²) in [7, 11) is 0. The van der Waals surface area contributed by atoms with Crippen LogP contribution in [0, 0.1) is 11.3 Å². The third kappa shape index (κ3) is 1.98. The smallest absolute Gasteiger partial charge is 0.306 e. The van der Waals surface area contributed by atoms with Gasteiger partial charge in [-0.2, -0.15) is 5.26 Å². The lowest BCUT2D eigenvalue weighted by molar-refractivity contribution is 1.03. The first-order valence-corrected chi connectivity index (χ1v) is 5.03. The molecule has 0 saturated carbocycles. The average Bonchev–Trinajstić information content (AvgIpc) is 2.28. The Hall–Kier alpha value is -2.32. The second-order valence-electron chi connectivity index (χ2n) is 3.25. The summed E-state index contributed by atoms with van der Waals surface area (Å²) in [6.07, 6.45) is 0. The van der Waals surface area contributed by atoms with Crippen molar-refractivity contribution < 1.29 is 0 Å². The highest BCUT2D eigenvalue weighted by atomic mass is 35.5. The number of nitrogens with one attached hydrogen (secondary N) is 2. The number of rotatable bonds is 1. The summed E-state index contributed by atoms with van der Waals surface area (Å²) in [6, 6.07) is 8.38. The number of aromatic nitrogens is 2. The van der Waals surface area contributed by atoms with E-state index in [2.05, 4.69) is 4.98 Å². The lowest BCUT2D eigenvalue weighted by Crippen LogP contribution is -2.25. The average molecular weight is 248 g/mol. The molecule has 5 nitrogen and oxygen atoms in total. The number of hydrogen-bond donors (Lipinski definition) is 2. The minimum atomic E-state index is -0.730. The third-order valence-electron chi connectivity index (χ3n) is 2.20. The van der Waals surface area contributed by atoms with Gasteiger partial charge >= 0.3 is 5.69 Å². The predicted octanol–water partition coefficient (Wildman–Crippen LogP) is 1.26. The number of hydrogen-bond acceptors (Lipinski definition) is 3. The monoisotopic (exact) mass is 247 g/mol. The molecule has 2 N–H and O–H groups in total. The number of aromatic amines is 2. The molecule has 0 bridgehead atoms. The molecule has 0 unspecified atom stereocenters. The largest absolute Gasteiger partial charge is 0.326 e. The Bertz CT molecular complexity index is 724. The molecule has 0 aliphatic rings. The molecule has 0 spiro atoms. The van der Waals surface area contributed by atoms with Crippen LogP contribution in [0.1, 0.15) is 5.56 Å². The fourth-order valence-electron chi connectivity index (χ4n) is 1.46. The van der Waals surface area contributed by atoms with Gasteiger partial charge in [-0.3, -0.25) is 9.78 Å². The Morgan fingerprint density at radius 3 is 2.53 bits per heavy atom. The van der Waals surface area contributed by atoms with Crippen molar-refractivity contribution >= 4 is 11.6 Å². The first-order chi connectivity index (χ1) is 8.13. The Balaban J connectivity index is 2.86. The zero-order chi connectivity index (χ0) is 12.4. The maximum Gasteiger partial charge on any atom is 0.326 e. The highest BCUT2D eigenvalue weighted by Crippen LogP contribution is 2.26. The van der Waals surface area contributed by atoms with Crippen molar-refractivity contribution in [2.24, 2.45) is 0 Å². The molecular weight excluding hydrogens is 242 g/mol. The van der Waals surface area contributed by atoms with Crippen LogP contribution in [0.2, 0.25) is 5.02 Å². The molecule has 0 radical (unpaired) electrons. The van der Waals surface area contributed by atoms with Crippen molar-refractivity contribution in [2.75, 3.05) is 0 Å². The van der Waals surface area contributed by atoms with E-state index in [9.17, 15) is 9.59 Å². The maximum absolute atomic E-state index is 11.4. The first-order valence-electron chi connectivity index (χ1n) is 4.65. The van der Waals surface area contributed by atoms with E-state index in [1.807, 2.05) is 4.98 Å². The van der Waals surface area contributed by atoms with Crippen molar-refractivity contribution in [3.8, 4) is 17.3 Å². The van der Waals surface area contributed by atoms with E-state index in [4.69, 9.17) is 16.9 Å². The predicted molar refractivity (Wildman–Crippen MR) is 62.8 cm³/mol. The topological polar surface area (TPSA) is 89.5 Å². The van der Waals surface area contributed by atoms with Crippen LogP contribution in [0.5, 0.6) is 0 Å². The number of nitriles is 1. The van der Waals surface area contributed by atoms with Gasteiger partial charge in [-0.25, -0.2) is 4.79 Å². The summed E-state index contributed by atoms with van der Waals surface area (Å²) in [6.45, 7) is 0. The van der Waals surface area contributed by atoms with Crippen LogP contribution >= 0.6 is 11.6 Å². The first kappa shape index (κ1) is 11.2. The van der Waals surface area contributed by atoms with Crippen molar-refractivity contribution in [1.29, 1.82) is 5.26 Å². The zero-order valence-corrected chi connectivity index (χ0v) is 9.21. The molecule has 6 heteroatoms. The molecule has 1 aromatic carbocycles. The maximum atomic E-state index is 11.4. The molecule has 2 rings (SSSR count). The molecule has 0 saturated heterocycles. The van der Waals surface area contributed by atoms with Gasteiger partial charge in [-0.1, -0.05) is 29.8 Å². The van der Waals surface area contributed by atoms with Crippen molar-refractivity contribution in [2.45, 2.75) is 0 Å². The van der Waals surface area contributed by atoms with Crippen LogP contribution in [-0.4, -0.2) is 9.97 Å². The van der Waals surface area contributed by atoms with E-state index in [0.717, 1.165) is 0 Å². The van der Waals surface area contributed by atoms with Crippen LogP contribution in [0.4, 0.5) is 0 Å². The Morgan fingerprint density at radius 1 is 1.18 bits per heavy atom. The molecule has 1 heterocycles. The van der Waals surface area contributed by atoms with Crippen LogP contribution in [0.25, 0.3) is 11.3 Å². The number of nitrogens with zero attached hydrogens (tertiary/aromatic N) is 1. The van der Waals surface area contributed by atoms with E-state index >= 15 is 0 Å². The summed E-state index contributed by atoms with van der Waals surface area (Å²) in [5.74, 6) is 0. The highest BCUT2D eigenvalue weighted by molar-refractivity contribution is 6.33. The quantitative estimate of drug-likeness (QED) is 0.795. The fraction of sp³-hybridized carbons (Fsp3) is 0. The van der Waals surface area contributed by atoms with Crippen LogP contribution < -0.4 is 11.2 Å². The van der Waals surface area contributed by atoms with Crippen LogP contribution in [-0.2, 0) is 0 Å². The Kier molecular flexibility index (Phi) is 2.81. The van der Waals surface area contributed by atoms with Crippen LogP contribution in [0.15, 0.2) is 33.9 Å². The van der Waals surface area contributed by atoms with Gasteiger partial charge in [0, 0.05) is 10.6 Å². The Labute approximate surface area is 100 Å². The van der Waals surface area contributed by atoms with Gasteiger partial charge in [0.15, 0.2) is 0 Å². The molecule has 0 atom stereocenters. The molecule has 84 valence electrons. The van der Waals surface area contributed by atoms with Crippen molar-refractivity contribution in [3.05, 3.63) is 55.7 Å². The van der Waals surface area contributed by atoms with Crippen molar-refractivity contribution in [3.63, 3.8) is 0 Å². The normalized spacial score (nSPS) is 9.88. The molecule has 0 aliphatic carbocycles. The van der Waals surface area contributed by atoms with Gasteiger partial charge in [0.25, 0.3) is 5.56 Å². The van der Waals surface area contributed by atoms with Gasteiger partial charge in [-0.15, -0.1) is 0 Å². The zero-order valence-electron chi connectivity index (χ0n) is 8.45. The minimum Gasteiger partial charge on any atom is -0.306 e. The van der Waals surface area contributed by atoms with E-state index in [0.29, 0.717) is 10.6 Å². The van der Waals surface area contributed by atoms with Gasteiger partial charge in [0.05, 0.1) is 5.69 Å². The SMILES string of the molecule is N#Cc1c(-c2ccccc2Cl)[nH]c(=O)[nH]c1=O. The van der Waals surface area contributed by atoms with Gasteiger partial charge in [0.1, 0.15) is 11.6 Å². The van der Waals surface area contributed by atoms with Crippen molar-refractivity contribution in [1.82, 2.24) is 9.97 Å². The Morgan fingerprint density at radius 2 is 1.88 bits per heavy atom. The second-order valence-corrected chi connectivity index (χ2v) is 3.66. The van der Waals surface area contributed by atoms with E-state index in [1.165, 1.54) is 0 Å². The lowest BCUT2D eigenvalue weighted by Gasteiger charge is -2.04. The van der Waals surface area contributed by atoms with Gasteiger partial charge in [0.2, 0.25) is 0 Å². The number of halogens is 1.